The van der Waals surface area contributed by atoms with Crippen LogP contribution in [0.25, 0.3) is 88.0 Å². The van der Waals surface area contributed by atoms with Gasteiger partial charge in [0.25, 0.3) is 0 Å². The third-order valence-corrected chi connectivity index (χ3v) is 12.9. The van der Waals surface area contributed by atoms with Crippen LogP contribution in [-0.2, 0) is 10.8 Å². The van der Waals surface area contributed by atoms with E-state index < -0.39 is 0 Å². The van der Waals surface area contributed by atoms with Crippen LogP contribution in [0.4, 0.5) is 0 Å². The smallest absolute Gasteiger partial charge is 0.0158 e. The fourth-order valence-electron chi connectivity index (χ4n) is 10.2. The van der Waals surface area contributed by atoms with E-state index in [-0.39, 0.29) is 10.8 Å². The highest BCUT2D eigenvalue weighted by Crippen LogP contribution is 2.53. The van der Waals surface area contributed by atoms with Gasteiger partial charge in [-0.3, -0.25) is 0 Å². The standard InChI is InChI=1S/C54H40/c1-53(2)47-22-11-9-17-39(47)44-31-35(25-28-49(44)53)51-41-19-7-8-20-42(41)52(36-26-29-50-45(32-36)40-18-10-12-23-48(40)54(50,3)4)46-30-34(24-27-43(46)51)38-21-13-15-33-14-5-6-16-37(33)38/h5-32H,1-4H3. The molecule has 2 aliphatic carbocycles. The monoisotopic (exact) mass is 688 g/mol. The van der Waals surface area contributed by atoms with Crippen LogP contribution in [0.1, 0.15) is 49.9 Å². The second kappa shape index (κ2) is 11.1. The third kappa shape index (κ3) is 4.26. The van der Waals surface area contributed by atoms with E-state index in [1.165, 1.54) is 110 Å². The summed E-state index contributed by atoms with van der Waals surface area (Å²) in [5.74, 6) is 0. The second-order valence-corrected chi connectivity index (χ2v) is 16.4. The molecule has 0 fully saturated rings. The molecule has 0 N–H and O–H groups in total. The van der Waals surface area contributed by atoms with Gasteiger partial charge in [0, 0.05) is 10.8 Å². The molecular formula is C54H40. The van der Waals surface area contributed by atoms with E-state index in [1.807, 2.05) is 0 Å². The van der Waals surface area contributed by atoms with E-state index in [9.17, 15) is 0 Å². The Labute approximate surface area is 317 Å². The van der Waals surface area contributed by atoms with Crippen molar-refractivity contribution in [3.05, 3.63) is 192 Å². The minimum atomic E-state index is -0.0409. The van der Waals surface area contributed by atoms with Crippen molar-refractivity contribution < 1.29 is 0 Å². The van der Waals surface area contributed by atoms with Crippen molar-refractivity contribution in [3.8, 4) is 55.6 Å². The van der Waals surface area contributed by atoms with Crippen LogP contribution in [0, 0.1) is 0 Å². The molecule has 0 saturated carbocycles. The number of rotatable bonds is 3. The largest absolute Gasteiger partial charge is 0.0619 e. The van der Waals surface area contributed by atoms with Crippen molar-refractivity contribution in [1.29, 1.82) is 0 Å². The molecule has 2 aliphatic rings. The summed E-state index contributed by atoms with van der Waals surface area (Å²) in [5.41, 5.74) is 18.5. The minimum Gasteiger partial charge on any atom is -0.0619 e. The molecule has 0 spiro atoms. The van der Waals surface area contributed by atoms with Crippen molar-refractivity contribution in [2.24, 2.45) is 0 Å². The van der Waals surface area contributed by atoms with Crippen LogP contribution in [0.2, 0.25) is 0 Å². The molecule has 0 unspecified atom stereocenters. The zero-order chi connectivity index (χ0) is 36.3. The predicted octanol–water partition coefficient (Wildman–Crippen LogP) is 14.8. The SMILES string of the molecule is CC1(C)c2ccccc2-c2cc(-c3c4ccccc4c(-c4ccc5c(c4)-c4ccccc4C5(C)C)c4cc(-c5cccc6ccccc56)ccc34)ccc21. The van der Waals surface area contributed by atoms with E-state index >= 15 is 0 Å². The lowest BCUT2D eigenvalue weighted by molar-refractivity contribution is 0.660. The summed E-state index contributed by atoms with van der Waals surface area (Å²) < 4.78 is 0. The molecule has 9 aromatic carbocycles. The summed E-state index contributed by atoms with van der Waals surface area (Å²) >= 11 is 0. The van der Waals surface area contributed by atoms with Crippen LogP contribution in [0.15, 0.2) is 170 Å². The van der Waals surface area contributed by atoms with Gasteiger partial charge in [0.05, 0.1) is 0 Å². The second-order valence-electron chi connectivity index (χ2n) is 16.4. The van der Waals surface area contributed by atoms with E-state index in [0.717, 1.165) is 0 Å². The van der Waals surface area contributed by atoms with E-state index in [1.54, 1.807) is 0 Å². The summed E-state index contributed by atoms with van der Waals surface area (Å²) in [6.45, 7) is 9.46. The molecule has 0 amide bonds. The molecule has 0 radical (unpaired) electrons. The van der Waals surface area contributed by atoms with Gasteiger partial charge in [0.1, 0.15) is 0 Å². The Bertz CT molecular complexity index is 3040. The molecule has 0 nitrogen and oxygen atoms in total. The Morgan fingerprint density at radius 3 is 1.31 bits per heavy atom. The first kappa shape index (κ1) is 31.3. The van der Waals surface area contributed by atoms with Gasteiger partial charge < -0.3 is 0 Å². The Kier molecular flexibility index (Phi) is 6.46. The van der Waals surface area contributed by atoms with E-state index in [2.05, 4.69) is 198 Å². The van der Waals surface area contributed by atoms with Gasteiger partial charge >= 0.3 is 0 Å². The first-order valence-corrected chi connectivity index (χ1v) is 19.3. The highest BCUT2D eigenvalue weighted by atomic mass is 14.4. The lowest BCUT2D eigenvalue weighted by Gasteiger charge is -2.23. The Morgan fingerprint density at radius 2 is 0.704 bits per heavy atom. The molecule has 11 rings (SSSR count). The normalized spacial score (nSPS) is 14.6. The summed E-state index contributed by atoms with van der Waals surface area (Å²) in [6.07, 6.45) is 0. The summed E-state index contributed by atoms with van der Waals surface area (Å²) in [6, 6.07) is 64.2. The van der Waals surface area contributed by atoms with Gasteiger partial charge in [-0.15, -0.1) is 0 Å². The molecule has 9 aromatic rings. The Hall–Kier alpha value is -6.24. The number of benzene rings is 9. The maximum atomic E-state index is 2.48. The van der Waals surface area contributed by atoms with Crippen molar-refractivity contribution >= 4 is 32.3 Å². The molecule has 0 aliphatic heterocycles. The number of hydrogen-bond acceptors (Lipinski definition) is 0. The topological polar surface area (TPSA) is 0 Å². The van der Waals surface area contributed by atoms with Crippen LogP contribution in [0.3, 0.4) is 0 Å². The lowest BCUT2D eigenvalue weighted by Crippen LogP contribution is -2.14. The van der Waals surface area contributed by atoms with Gasteiger partial charge in [0.2, 0.25) is 0 Å². The molecule has 0 bridgehead atoms. The average Bonchev–Trinajstić information content (AvgIpc) is 3.58. The van der Waals surface area contributed by atoms with Gasteiger partial charge in [-0.05, 0) is 128 Å². The quantitative estimate of drug-likeness (QED) is 0.162. The molecule has 0 heterocycles. The van der Waals surface area contributed by atoms with Crippen molar-refractivity contribution in [2.45, 2.75) is 38.5 Å². The number of fused-ring (bicyclic) bond motifs is 9. The molecule has 0 atom stereocenters. The Morgan fingerprint density at radius 1 is 0.278 bits per heavy atom. The minimum absolute atomic E-state index is 0.0352. The fraction of sp³-hybridized carbons (Fsp3) is 0.111. The highest BCUT2D eigenvalue weighted by Gasteiger charge is 2.37. The predicted molar refractivity (Wildman–Crippen MR) is 230 cm³/mol. The first-order chi connectivity index (χ1) is 26.3. The third-order valence-electron chi connectivity index (χ3n) is 12.9. The highest BCUT2D eigenvalue weighted by molar-refractivity contribution is 6.22. The molecule has 54 heavy (non-hydrogen) atoms. The van der Waals surface area contributed by atoms with Gasteiger partial charge in [0.15, 0.2) is 0 Å². The van der Waals surface area contributed by atoms with E-state index in [4.69, 9.17) is 0 Å². The summed E-state index contributed by atoms with van der Waals surface area (Å²) in [7, 11) is 0. The lowest BCUT2D eigenvalue weighted by atomic mass is 9.80. The Balaban J connectivity index is 1.23. The molecule has 0 saturated heterocycles. The van der Waals surface area contributed by atoms with Crippen LogP contribution in [-0.4, -0.2) is 0 Å². The van der Waals surface area contributed by atoms with Crippen LogP contribution >= 0.6 is 0 Å². The van der Waals surface area contributed by atoms with Gasteiger partial charge in [-0.1, -0.05) is 179 Å². The fourth-order valence-corrected chi connectivity index (χ4v) is 10.2. The van der Waals surface area contributed by atoms with Crippen molar-refractivity contribution in [2.75, 3.05) is 0 Å². The van der Waals surface area contributed by atoms with Crippen LogP contribution < -0.4 is 0 Å². The average molecular weight is 689 g/mol. The maximum Gasteiger partial charge on any atom is 0.0158 e. The summed E-state index contributed by atoms with van der Waals surface area (Å²) in [5, 5.41) is 7.65. The molecule has 256 valence electrons. The molecule has 0 aromatic heterocycles. The van der Waals surface area contributed by atoms with Crippen LogP contribution in [0.5, 0.6) is 0 Å². The van der Waals surface area contributed by atoms with Crippen molar-refractivity contribution in [1.82, 2.24) is 0 Å². The zero-order valence-corrected chi connectivity index (χ0v) is 31.2. The van der Waals surface area contributed by atoms with Gasteiger partial charge in [-0.25, -0.2) is 0 Å². The summed E-state index contributed by atoms with van der Waals surface area (Å²) in [4.78, 5) is 0. The van der Waals surface area contributed by atoms with Crippen molar-refractivity contribution in [3.63, 3.8) is 0 Å². The zero-order valence-electron chi connectivity index (χ0n) is 31.2. The number of hydrogen-bond donors (Lipinski definition) is 0. The maximum absolute atomic E-state index is 2.48. The van der Waals surface area contributed by atoms with E-state index in [0.29, 0.717) is 0 Å². The first-order valence-electron chi connectivity index (χ1n) is 19.3. The molecular weight excluding hydrogens is 649 g/mol. The van der Waals surface area contributed by atoms with Gasteiger partial charge in [-0.2, -0.15) is 0 Å². The molecule has 0 heteroatoms.